The van der Waals surface area contributed by atoms with E-state index in [2.05, 4.69) is 32.1 Å². The Balaban J connectivity index is 1.53. The lowest BCUT2D eigenvalue weighted by molar-refractivity contribution is -0.156. The van der Waals surface area contributed by atoms with Crippen LogP contribution in [0.3, 0.4) is 0 Å². The monoisotopic (exact) mass is 487 g/mol. The van der Waals surface area contributed by atoms with E-state index in [-0.39, 0.29) is 18.3 Å². The van der Waals surface area contributed by atoms with Crippen LogP contribution in [0.5, 0.6) is 0 Å². The topological polar surface area (TPSA) is 122 Å². The summed E-state index contributed by atoms with van der Waals surface area (Å²) in [5.41, 5.74) is -0.116. The van der Waals surface area contributed by atoms with Gasteiger partial charge < -0.3 is 24.8 Å². The van der Waals surface area contributed by atoms with Crippen molar-refractivity contribution < 1.29 is 19.7 Å². The third-order valence-corrected chi connectivity index (χ3v) is 7.49. The average molecular weight is 488 g/mol. The average Bonchev–Trinajstić information content (AvgIpc) is 3.06. The number of nitrogens with one attached hydrogen (secondary N) is 1. The summed E-state index contributed by atoms with van der Waals surface area (Å²) >= 11 is 7.33. The molecule has 3 N–H and O–H groups in total. The van der Waals surface area contributed by atoms with Crippen LogP contribution in [0.25, 0.3) is 11.2 Å². The van der Waals surface area contributed by atoms with Crippen molar-refractivity contribution in [1.82, 2.24) is 19.5 Å². The van der Waals surface area contributed by atoms with Gasteiger partial charge in [-0.05, 0) is 36.8 Å². The number of hydrogen-bond acceptors (Lipinski definition) is 9. The van der Waals surface area contributed by atoms with Crippen LogP contribution in [0.15, 0.2) is 18.5 Å². The molecule has 3 heterocycles. The van der Waals surface area contributed by atoms with Gasteiger partial charge in [0.2, 0.25) is 5.82 Å². The highest BCUT2D eigenvalue weighted by molar-refractivity contribution is 7.16. The molecule has 0 amide bonds. The number of anilines is 1. The van der Waals surface area contributed by atoms with Crippen molar-refractivity contribution in [3.63, 3.8) is 0 Å². The number of hydrogen-bond donors (Lipinski definition) is 3. The fourth-order valence-corrected chi connectivity index (χ4v) is 5.60. The van der Waals surface area contributed by atoms with Crippen LogP contribution in [-0.4, -0.2) is 61.6 Å². The van der Waals surface area contributed by atoms with Crippen LogP contribution in [-0.2, 0) is 9.53 Å². The molecule has 11 heteroatoms. The van der Waals surface area contributed by atoms with E-state index in [9.17, 15) is 15.0 Å². The van der Waals surface area contributed by atoms with Crippen molar-refractivity contribution in [3.8, 4) is 11.8 Å². The number of rotatable bonds is 5. The molecule has 172 valence electrons. The van der Waals surface area contributed by atoms with Crippen LogP contribution in [0.4, 0.5) is 5.82 Å². The molecule has 0 aromatic carbocycles. The molecule has 33 heavy (non-hydrogen) atoms. The summed E-state index contributed by atoms with van der Waals surface area (Å²) < 4.78 is 7.68. The van der Waals surface area contributed by atoms with E-state index >= 15 is 0 Å². The van der Waals surface area contributed by atoms with Crippen molar-refractivity contribution in [3.05, 3.63) is 33.5 Å². The number of carbonyl (C=O) groups excluding carboxylic acids is 1. The molecule has 5 rings (SSSR count). The summed E-state index contributed by atoms with van der Waals surface area (Å²) in [5.74, 6) is 5.98. The second-order valence-electron chi connectivity index (χ2n) is 8.24. The molecule has 5 atom stereocenters. The van der Waals surface area contributed by atoms with Crippen molar-refractivity contribution in [2.45, 2.75) is 38.0 Å². The first-order valence-corrected chi connectivity index (χ1v) is 11.8. The lowest BCUT2D eigenvalue weighted by Gasteiger charge is -2.23. The molecule has 0 spiro atoms. The highest BCUT2D eigenvalue weighted by atomic mass is 35.5. The summed E-state index contributed by atoms with van der Waals surface area (Å²) in [6, 6.07) is 3.02. The minimum atomic E-state index is -1.22. The van der Waals surface area contributed by atoms with Gasteiger partial charge in [0.1, 0.15) is 11.5 Å². The first-order valence-electron chi connectivity index (χ1n) is 10.6. The Hall–Kier alpha value is -2.71. The first-order chi connectivity index (χ1) is 15.9. The number of halogens is 1. The molecule has 3 aromatic heterocycles. The number of imidazole rings is 1. The van der Waals surface area contributed by atoms with Crippen LogP contribution in [0.1, 0.15) is 36.5 Å². The Kier molecular flexibility index (Phi) is 5.53. The van der Waals surface area contributed by atoms with Gasteiger partial charge in [-0.2, -0.15) is 0 Å². The van der Waals surface area contributed by atoms with Gasteiger partial charge in [0.25, 0.3) is 0 Å². The largest absolute Gasteiger partial charge is 0.465 e. The summed E-state index contributed by atoms with van der Waals surface area (Å²) in [5, 5.41) is 24.7. The number of fused-ring (bicyclic) bond motifs is 2. The number of esters is 1. The lowest BCUT2D eigenvalue weighted by Crippen LogP contribution is -2.38. The molecule has 0 aliphatic heterocycles. The van der Waals surface area contributed by atoms with E-state index < -0.39 is 29.6 Å². The third-order valence-electron chi connectivity index (χ3n) is 6.34. The Labute approximate surface area is 198 Å². The predicted molar refractivity (Wildman–Crippen MR) is 123 cm³/mol. The predicted octanol–water partition coefficient (Wildman–Crippen LogP) is 2.22. The molecule has 0 unspecified atom stereocenters. The maximum absolute atomic E-state index is 12.7. The Morgan fingerprint density at radius 2 is 2.21 bits per heavy atom. The minimum Gasteiger partial charge on any atom is -0.465 e. The van der Waals surface area contributed by atoms with E-state index in [0.29, 0.717) is 34.2 Å². The summed E-state index contributed by atoms with van der Waals surface area (Å²) in [6.07, 6.45) is 0.302. The zero-order valence-corrected chi connectivity index (χ0v) is 19.5. The quantitative estimate of drug-likeness (QED) is 0.370. The fraction of sp³-hybridized carbons (Fsp3) is 0.455. The molecule has 2 aliphatic carbocycles. The maximum Gasteiger partial charge on any atom is 0.315 e. The van der Waals surface area contributed by atoms with Crippen molar-refractivity contribution in [2.75, 3.05) is 19.0 Å². The second kappa shape index (κ2) is 8.25. The summed E-state index contributed by atoms with van der Waals surface area (Å²) in [7, 11) is 1.72. The molecule has 2 fully saturated rings. The van der Waals surface area contributed by atoms with Gasteiger partial charge in [-0.25, -0.2) is 15.0 Å². The summed E-state index contributed by atoms with van der Waals surface area (Å²) in [4.78, 5) is 26.9. The number of nitrogens with zero attached hydrogens (tertiary/aromatic N) is 4. The molecule has 0 radical (unpaired) electrons. The van der Waals surface area contributed by atoms with Crippen LogP contribution >= 0.6 is 22.9 Å². The zero-order chi connectivity index (χ0) is 23.3. The van der Waals surface area contributed by atoms with E-state index in [4.69, 9.17) is 16.3 Å². The molecule has 0 saturated heterocycles. The first kappa shape index (κ1) is 22.1. The molecular formula is C22H22ClN5O4S. The number of aliphatic hydroxyl groups excluding tert-OH is 2. The minimum absolute atomic E-state index is 0.274. The number of aliphatic hydroxyl groups is 2. The van der Waals surface area contributed by atoms with Crippen molar-refractivity contribution in [2.24, 2.45) is 11.3 Å². The van der Waals surface area contributed by atoms with Crippen molar-refractivity contribution in [1.29, 1.82) is 0 Å². The number of thiophene rings is 1. The van der Waals surface area contributed by atoms with Gasteiger partial charge >= 0.3 is 5.97 Å². The number of aromatic nitrogens is 4. The highest BCUT2D eigenvalue weighted by Gasteiger charge is 2.76. The zero-order valence-electron chi connectivity index (χ0n) is 17.9. The van der Waals surface area contributed by atoms with E-state index in [1.807, 2.05) is 13.0 Å². The standard InChI is InChI=1S/C22H22ClN5O4S/c1-3-8-32-21(31)22-9-12(22)16(17(29)18(22)30)28-10-25-15-19(24-2)26-14(27-20(15)28)7-5-11-4-6-13(23)33-11/h4,6,10,12,16-18,29-30H,3,8-9H2,1-2H3,(H,24,26,27)/t12-,16-,17+,18+,22-/m1/s1. The Morgan fingerprint density at radius 1 is 1.39 bits per heavy atom. The smallest absolute Gasteiger partial charge is 0.315 e. The van der Waals surface area contributed by atoms with Gasteiger partial charge in [-0.15, -0.1) is 11.3 Å². The van der Waals surface area contributed by atoms with Gasteiger partial charge in [0.15, 0.2) is 17.0 Å². The molecule has 9 nitrogen and oxygen atoms in total. The van der Waals surface area contributed by atoms with Gasteiger partial charge in [0, 0.05) is 13.0 Å². The van der Waals surface area contributed by atoms with Gasteiger partial charge in [-0.1, -0.05) is 18.5 Å². The lowest BCUT2D eigenvalue weighted by atomic mass is 9.99. The SMILES string of the molecule is CCCOC(=O)[C@]12C[C@@H]1[C@@H](n1cnc3c(NC)nc(C#Cc4ccc(Cl)s4)nc31)[C@H](O)[C@@H]2O. The van der Waals surface area contributed by atoms with Crippen LogP contribution < -0.4 is 5.32 Å². The third kappa shape index (κ3) is 3.47. The summed E-state index contributed by atoms with van der Waals surface area (Å²) in [6.45, 7) is 2.19. The van der Waals surface area contributed by atoms with E-state index in [0.717, 1.165) is 4.88 Å². The second-order valence-corrected chi connectivity index (χ2v) is 9.95. The van der Waals surface area contributed by atoms with Gasteiger partial charge in [-0.3, -0.25) is 4.79 Å². The van der Waals surface area contributed by atoms with Crippen LogP contribution in [0, 0.1) is 23.2 Å². The van der Waals surface area contributed by atoms with E-state index in [1.54, 1.807) is 24.0 Å². The fourth-order valence-electron chi connectivity index (χ4n) is 4.71. The number of carbonyl (C=O) groups is 1. The molecule has 2 saturated carbocycles. The van der Waals surface area contributed by atoms with Crippen LogP contribution in [0.2, 0.25) is 4.34 Å². The van der Waals surface area contributed by atoms with Gasteiger partial charge in [0.05, 0.1) is 34.3 Å². The normalized spacial score (nSPS) is 27.7. The van der Waals surface area contributed by atoms with Crippen molar-refractivity contribution >= 4 is 45.9 Å². The molecule has 0 bridgehead atoms. The molecule has 2 aliphatic rings. The number of ether oxygens (including phenoxy) is 1. The maximum atomic E-state index is 12.7. The highest BCUT2D eigenvalue weighted by Crippen LogP contribution is 2.68. The Morgan fingerprint density at radius 3 is 2.91 bits per heavy atom. The Bertz CT molecular complexity index is 1300. The van der Waals surface area contributed by atoms with E-state index in [1.165, 1.54) is 11.3 Å². The molecule has 3 aromatic rings. The molecular weight excluding hydrogens is 466 g/mol.